The summed E-state index contributed by atoms with van der Waals surface area (Å²) in [6, 6.07) is 7.22. The van der Waals surface area contributed by atoms with Gasteiger partial charge in [-0.2, -0.15) is 0 Å². The Bertz CT molecular complexity index is 655. The van der Waals surface area contributed by atoms with Crippen LogP contribution in [0.1, 0.15) is 97.6 Å². The van der Waals surface area contributed by atoms with Gasteiger partial charge in [0.1, 0.15) is 5.75 Å². The summed E-state index contributed by atoms with van der Waals surface area (Å²) in [4.78, 5) is 0. The molecule has 1 nitrogen and oxygen atoms in total. The number of rotatable bonds is 5. The highest BCUT2D eigenvalue weighted by atomic mass is 16.5. The molecule has 0 radical (unpaired) electrons. The molecule has 0 unspecified atom stereocenters. The largest absolute Gasteiger partial charge is 0.494 e. The van der Waals surface area contributed by atoms with Gasteiger partial charge in [0.05, 0.1) is 6.61 Å². The second kappa shape index (κ2) is 6.53. The first kappa shape index (κ1) is 19.3. The number of hydrogen-bond donors (Lipinski definition) is 0. The van der Waals surface area contributed by atoms with Crippen molar-refractivity contribution in [3.8, 4) is 5.75 Å². The molecule has 4 aliphatic rings. The van der Waals surface area contributed by atoms with Crippen LogP contribution in [0, 0.1) is 23.2 Å². The third-order valence-corrected chi connectivity index (χ3v) is 7.64. The smallest absolute Gasteiger partial charge is 0.123 e. The molecule has 1 aromatic rings. The van der Waals surface area contributed by atoms with Gasteiger partial charge in [-0.05, 0) is 97.5 Å². The van der Waals surface area contributed by atoms with Crippen LogP contribution < -0.4 is 4.74 Å². The first-order valence-electron chi connectivity index (χ1n) is 11.4. The summed E-state index contributed by atoms with van der Waals surface area (Å²) in [7, 11) is 0. The van der Waals surface area contributed by atoms with Crippen LogP contribution in [0.15, 0.2) is 18.2 Å². The number of hydrogen-bond acceptors (Lipinski definition) is 1. The van der Waals surface area contributed by atoms with Crippen molar-refractivity contribution in [2.24, 2.45) is 23.2 Å². The predicted octanol–water partition coefficient (Wildman–Crippen LogP) is 7.27. The molecule has 4 aliphatic carbocycles. The topological polar surface area (TPSA) is 9.23 Å². The molecular weight excluding hydrogens is 328 g/mol. The molecule has 0 aliphatic heterocycles. The fourth-order valence-corrected chi connectivity index (χ4v) is 7.52. The van der Waals surface area contributed by atoms with Gasteiger partial charge < -0.3 is 4.74 Å². The summed E-state index contributed by atoms with van der Waals surface area (Å²) >= 11 is 0. The predicted molar refractivity (Wildman–Crippen MR) is 115 cm³/mol. The van der Waals surface area contributed by atoms with E-state index in [1.807, 2.05) is 0 Å². The van der Waals surface area contributed by atoms with Crippen molar-refractivity contribution >= 4 is 0 Å². The van der Waals surface area contributed by atoms with Crippen LogP contribution in [-0.4, -0.2) is 6.61 Å². The van der Waals surface area contributed by atoms with Crippen LogP contribution in [0.25, 0.3) is 0 Å². The highest BCUT2D eigenvalue weighted by molar-refractivity contribution is 5.46. The zero-order valence-corrected chi connectivity index (χ0v) is 18.5. The SMILES string of the molecule is CCOc1ccc(C(C)(C)CC(C)(C)C)cc1C12CC3CC(CC(C3)C1)C2. The highest BCUT2D eigenvalue weighted by Gasteiger charge is 2.52. The van der Waals surface area contributed by atoms with Gasteiger partial charge in [-0.1, -0.05) is 46.8 Å². The molecule has 0 saturated heterocycles. The van der Waals surface area contributed by atoms with Gasteiger partial charge in [-0.25, -0.2) is 0 Å². The van der Waals surface area contributed by atoms with Gasteiger partial charge >= 0.3 is 0 Å². The molecule has 0 aromatic heterocycles. The Balaban J connectivity index is 1.75. The summed E-state index contributed by atoms with van der Waals surface area (Å²) in [5.74, 6) is 4.08. The molecular formula is C26H40O. The molecule has 1 heteroatoms. The number of ether oxygens (including phenoxy) is 1. The summed E-state index contributed by atoms with van der Waals surface area (Å²) in [6.07, 6.45) is 9.91. The van der Waals surface area contributed by atoms with Crippen LogP contribution in [0.2, 0.25) is 0 Å². The summed E-state index contributed by atoms with van der Waals surface area (Å²) in [6.45, 7) is 14.8. The van der Waals surface area contributed by atoms with Crippen LogP contribution in [0.3, 0.4) is 0 Å². The lowest BCUT2D eigenvalue weighted by Crippen LogP contribution is -2.48. The summed E-state index contributed by atoms with van der Waals surface area (Å²) < 4.78 is 6.20. The first-order valence-corrected chi connectivity index (χ1v) is 11.4. The Morgan fingerprint density at radius 3 is 1.96 bits per heavy atom. The van der Waals surface area contributed by atoms with Crippen LogP contribution in [0.5, 0.6) is 5.75 Å². The Morgan fingerprint density at radius 1 is 0.926 bits per heavy atom. The van der Waals surface area contributed by atoms with Crippen molar-refractivity contribution in [2.45, 2.75) is 97.3 Å². The molecule has 150 valence electrons. The Labute approximate surface area is 167 Å². The Morgan fingerprint density at radius 2 is 1.48 bits per heavy atom. The van der Waals surface area contributed by atoms with E-state index in [1.165, 1.54) is 56.3 Å². The molecule has 0 N–H and O–H groups in total. The highest BCUT2D eigenvalue weighted by Crippen LogP contribution is 2.62. The second-order valence-electron chi connectivity index (χ2n) is 12.0. The van der Waals surface area contributed by atoms with E-state index in [0.717, 1.165) is 24.4 Å². The number of benzene rings is 1. The monoisotopic (exact) mass is 368 g/mol. The lowest BCUT2D eigenvalue weighted by molar-refractivity contribution is -0.00640. The second-order valence-corrected chi connectivity index (χ2v) is 12.0. The fourth-order valence-electron chi connectivity index (χ4n) is 7.52. The molecule has 4 bridgehead atoms. The molecule has 0 heterocycles. The quantitative estimate of drug-likeness (QED) is 0.531. The zero-order valence-electron chi connectivity index (χ0n) is 18.5. The van der Waals surface area contributed by atoms with Crippen LogP contribution in [-0.2, 0) is 10.8 Å². The minimum Gasteiger partial charge on any atom is -0.494 e. The van der Waals surface area contributed by atoms with Crippen LogP contribution in [0.4, 0.5) is 0 Å². The van der Waals surface area contributed by atoms with Gasteiger partial charge in [-0.15, -0.1) is 0 Å². The van der Waals surface area contributed by atoms with E-state index in [0.29, 0.717) is 10.8 Å². The van der Waals surface area contributed by atoms with E-state index in [1.54, 1.807) is 5.56 Å². The Kier molecular flexibility index (Phi) is 4.68. The summed E-state index contributed by atoms with van der Waals surface area (Å²) in [5.41, 5.74) is 3.99. The van der Waals surface area contributed by atoms with Gasteiger partial charge in [0.2, 0.25) is 0 Å². The standard InChI is InChI=1S/C26H40O/c1-7-27-23-9-8-21(25(5,6)17-24(2,3)4)13-22(23)26-14-18-10-19(15-26)12-20(11-18)16-26/h8-9,13,18-20H,7,10-12,14-17H2,1-6H3. The third kappa shape index (κ3) is 3.68. The van der Waals surface area contributed by atoms with Crippen molar-refractivity contribution in [2.75, 3.05) is 6.61 Å². The molecule has 0 amide bonds. The van der Waals surface area contributed by atoms with Crippen molar-refractivity contribution in [3.05, 3.63) is 29.3 Å². The molecule has 27 heavy (non-hydrogen) atoms. The maximum Gasteiger partial charge on any atom is 0.123 e. The van der Waals surface area contributed by atoms with Gasteiger partial charge in [0.25, 0.3) is 0 Å². The lowest BCUT2D eigenvalue weighted by Gasteiger charge is -2.57. The van der Waals surface area contributed by atoms with E-state index in [-0.39, 0.29) is 5.41 Å². The van der Waals surface area contributed by atoms with Gasteiger partial charge in [0, 0.05) is 5.56 Å². The van der Waals surface area contributed by atoms with Crippen molar-refractivity contribution in [1.82, 2.24) is 0 Å². The molecule has 4 saturated carbocycles. The molecule has 0 spiro atoms. The average molecular weight is 369 g/mol. The van der Waals surface area contributed by atoms with E-state index < -0.39 is 0 Å². The van der Waals surface area contributed by atoms with Gasteiger partial charge in [-0.3, -0.25) is 0 Å². The maximum atomic E-state index is 6.20. The molecule has 5 rings (SSSR count). The zero-order chi connectivity index (χ0) is 19.4. The molecule has 0 atom stereocenters. The van der Waals surface area contributed by atoms with E-state index in [4.69, 9.17) is 4.74 Å². The van der Waals surface area contributed by atoms with Crippen LogP contribution >= 0.6 is 0 Å². The molecule has 4 fully saturated rings. The first-order chi connectivity index (χ1) is 12.6. The van der Waals surface area contributed by atoms with Gasteiger partial charge in [0.15, 0.2) is 0 Å². The van der Waals surface area contributed by atoms with Crippen molar-refractivity contribution in [3.63, 3.8) is 0 Å². The molecule has 1 aromatic carbocycles. The Hall–Kier alpha value is -0.980. The lowest BCUT2D eigenvalue weighted by atomic mass is 9.48. The van der Waals surface area contributed by atoms with Crippen molar-refractivity contribution < 1.29 is 4.74 Å². The maximum absolute atomic E-state index is 6.20. The van der Waals surface area contributed by atoms with E-state index in [2.05, 4.69) is 59.7 Å². The normalized spacial score (nSPS) is 32.7. The van der Waals surface area contributed by atoms with E-state index in [9.17, 15) is 0 Å². The third-order valence-electron chi connectivity index (χ3n) is 7.64. The average Bonchev–Trinajstić information content (AvgIpc) is 2.51. The minimum absolute atomic E-state index is 0.194. The minimum atomic E-state index is 0.194. The summed E-state index contributed by atoms with van der Waals surface area (Å²) in [5, 5.41) is 0. The van der Waals surface area contributed by atoms with Crippen molar-refractivity contribution in [1.29, 1.82) is 0 Å². The fraction of sp³-hybridized carbons (Fsp3) is 0.769. The van der Waals surface area contributed by atoms with E-state index >= 15 is 0 Å².